The molecule has 0 atom stereocenters. The molecule has 0 aliphatic rings. The minimum atomic E-state index is -0.975. The van der Waals surface area contributed by atoms with E-state index in [0.717, 1.165) is 6.07 Å². The zero-order chi connectivity index (χ0) is 21.3. The molecule has 9 heteroatoms. The van der Waals surface area contributed by atoms with Gasteiger partial charge >= 0.3 is 21.1 Å². The summed E-state index contributed by atoms with van der Waals surface area (Å²) in [6.45, 7) is 3.86. The Morgan fingerprint density at radius 3 is 2.45 bits per heavy atom. The smallest absolute Gasteiger partial charge is 0.438 e. The Morgan fingerprint density at radius 2 is 1.74 bits per heavy atom. The molecule has 0 unspecified atom stereocenters. The number of aromatic nitrogens is 5. The maximum atomic E-state index is 14.1. The van der Waals surface area contributed by atoms with Crippen molar-refractivity contribution in [3.8, 4) is 23.1 Å². The molecule has 0 bridgehead atoms. The van der Waals surface area contributed by atoms with Crippen LogP contribution in [0.15, 0.2) is 48.7 Å². The van der Waals surface area contributed by atoms with E-state index < -0.39 is 17.3 Å². The predicted molar refractivity (Wildman–Crippen MR) is 103 cm³/mol. The van der Waals surface area contributed by atoms with E-state index in [1.165, 1.54) is 10.8 Å². The second-order valence-corrected chi connectivity index (χ2v) is 6.96. The average molecular weight is 595 g/mol. The normalized spacial score (nSPS) is 10.9. The Balaban J connectivity index is 0.00000272. The van der Waals surface area contributed by atoms with Crippen molar-refractivity contribution in [2.45, 2.75) is 19.3 Å². The monoisotopic (exact) mass is 595 g/mol. The quantitative estimate of drug-likeness (QED) is 0.265. The number of pyridine rings is 3. The Labute approximate surface area is 191 Å². The molecular weight excluding hydrogens is 581 g/mol. The van der Waals surface area contributed by atoms with Crippen LogP contribution in [0.2, 0.25) is 0 Å². The van der Waals surface area contributed by atoms with E-state index in [9.17, 15) is 14.0 Å². The van der Waals surface area contributed by atoms with Crippen molar-refractivity contribution in [1.29, 1.82) is 5.26 Å². The first-order chi connectivity index (χ1) is 14.4. The van der Waals surface area contributed by atoms with E-state index in [4.69, 9.17) is 0 Å². The van der Waals surface area contributed by atoms with Crippen molar-refractivity contribution < 1.29 is 29.8 Å². The second kappa shape index (κ2) is 8.82. The van der Waals surface area contributed by atoms with Gasteiger partial charge in [-0.1, -0.05) is 42.1 Å². The number of nitrogens with zero attached hydrogens (tertiary/aromatic N) is 6. The van der Waals surface area contributed by atoms with Crippen LogP contribution in [0.25, 0.3) is 17.1 Å². The molecule has 4 rings (SSSR count). The van der Waals surface area contributed by atoms with Crippen molar-refractivity contribution in [2.75, 3.05) is 0 Å². The molecule has 4 aromatic heterocycles. The molecule has 0 aromatic carbocycles. The van der Waals surface area contributed by atoms with Crippen molar-refractivity contribution in [1.82, 2.24) is 24.5 Å². The maximum absolute atomic E-state index is 14.1. The molecule has 0 aliphatic carbocycles. The Morgan fingerprint density at radius 1 is 1.03 bits per heavy atom. The van der Waals surface area contributed by atoms with Gasteiger partial charge in [0.15, 0.2) is 0 Å². The number of halogens is 2. The first kappa shape index (κ1) is 22.4. The third-order valence-electron chi connectivity index (χ3n) is 4.68. The predicted octanol–water partition coefficient (Wildman–Crippen LogP) is 3.80. The summed E-state index contributed by atoms with van der Waals surface area (Å²) in [5, 5.41) is 9.20. The molecule has 4 aromatic rings. The summed E-state index contributed by atoms with van der Waals surface area (Å²) >= 11 is 0. The van der Waals surface area contributed by atoms with Gasteiger partial charge < -0.3 is 14.5 Å². The van der Waals surface area contributed by atoms with E-state index in [0.29, 0.717) is 17.2 Å². The van der Waals surface area contributed by atoms with Crippen LogP contribution in [0.4, 0.5) is 8.78 Å². The Kier molecular flexibility index (Phi) is 6.37. The minimum Gasteiger partial charge on any atom is -0.438 e. The minimum absolute atomic E-state index is 0. The van der Waals surface area contributed by atoms with E-state index in [1.54, 1.807) is 24.3 Å². The molecule has 156 valence electrons. The fourth-order valence-corrected chi connectivity index (χ4v) is 3.02. The van der Waals surface area contributed by atoms with E-state index >= 15 is 0 Å². The molecule has 0 aliphatic heterocycles. The third-order valence-corrected chi connectivity index (χ3v) is 4.68. The fourth-order valence-electron chi connectivity index (χ4n) is 3.02. The van der Waals surface area contributed by atoms with Crippen molar-refractivity contribution >= 4 is 0 Å². The third kappa shape index (κ3) is 4.28. The van der Waals surface area contributed by atoms with Crippen LogP contribution in [0.5, 0.6) is 0 Å². The van der Waals surface area contributed by atoms with Crippen LogP contribution >= 0.6 is 0 Å². The van der Waals surface area contributed by atoms with Gasteiger partial charge in [0.2, 0.25) is 0 Å². The zero-order valence-corrected chi connectivity index (χ0v) is 18.6. The van der Waals surface area contributed by atoms with Crippen LogP contribution < -0.4 is 0 Å². The largest absolute Gasteiger partial charge is 2.00 e. The van der Waals surface area contributed by atoms with Crippen molar-refractivity contribution in [2.24, 2.45) is 0 Å². The zero-order valence-electron chi connectivity index (χ0n) is 16.4. The summed E-state index contributed by atoms with van der Waals surface area (Å²) in [6, 6.07) is 16.1. The fraction of sp³-hybridized carbons (Fsp3) is 0.136. The number of rotatable bonds is 4. The van der Waals surface area contributed by atoms with Gasteiger partial charge in [-0.2, -0.15) is 0 Å². The van der Waals surface area contributed by atoms with Gasteiger partial charge in [0.05, 0.1) is 6.07 Å². The second-order valence-electron chi connectivity index (χ2n) is 6.96. The molecule has 0 saturated heterocycles. The average Bonchev–Trinajstić information content (AvgIpc) is 3.23. The number of hydrogen-bond donors (Lipinski definition) is 0. The van der Waals surface area contributed by atoms with E-state index in [2.05, 4.69) is 32.2 Å². The van der Waals surface area contributed by atoms with Gasteiger partial charge in [0, 0.05) is 22.6 Å². The molecule has 0 N–H and O–H groups in total. The van der Waals surface area contributed by atoms with Gasteiger partial charge in [0.1, 0.15) is 17.7 Å². The van der Waals surface area contributed by atoms with Crippen LogP contribution in [0, 0.1) is 35.5 Å². The summed E-state index contributed by atoms with van der Waals surface area (Å²) in [5.74, 6) is -1.25. The van der Waals surface area contributed by atoms with E-state index in [-0.39, 0.29) is 38.1 Å². The summed E-state index contributed by atoms with van der Waals surface area (Å²) in [4.78, 5) is 16.4. The molecule has 0 spiro atoms. The number of imidazole rings is 1. The van der Waals surface area contributed by atoms with Crippen molar-refractivity contribution in [3.05, 3.63) is 90.0 Å². The summed E-state index contributed by atoms with van der Waals surface area (Å²) in [7, 11) is 0. The van der Waals surface area contributed by atoms with Crippen LogP contribution in [0.1, 0.15) is 31.1 Å². The number of hydrogen-bond acceptors (Lipinski definition) is 5. The Hall–Kier alpha value is -3.30. The van der Waals surface area contributed by atoms with Gasteiger partial charge in [-0.15, -0.1) is 6.07 Å². The summed E-state index contributed by atoms with van der Waals surface area (Å²) < 4.78 is 28.7. The topological polar surface area (TPSA) is 80.3 Å². The molecule has 31 heavy (non-hydrogen) atoms. The van der Waals surface area contributed by atoms with E-state index in [1.807, 2.05) is 32.0 Å². The molecule has 6 nitrogen and oxygen atoms in total. The molecule has 0 fully saturated rings. The van der Waals surface area contributed by atoms with Crippen LogP contribution in [-0.2, 0) is 26.5 Å². The van der Waals surface area contributed by atoms with Gasteiger partial charge in [-0.05, 0) is 37.9 Å². The first-order valence-electron chi connectivity index (χ1n) is 8.95. The molecule has 0 radical (unpaired) electrons. The maximum Gasteiger partial charge on any atom is 2.00 e. The number of nitriles is 1. The summed E-state index contributed by atoms with van der Waals surface area (Å²) in [6.07, 6.45) is 4.26. The van der Waals surface area contributed by atoms with Crippen LogP contribution in [-0.4, -0.2) is 24.5 Å². The standard InChI is InChI=1S/C22H14F2N6.Pt/c1-22(2,17-7-4-8-19(28-17)30-12-11-26-20(30)13-25)16-6-3-5-15(27-16)14-9-10-18(23)29-21(14)24;/h3-8,10-11H,1-2H3;/q-2;+2. The van der Waals surface area contributed by atoms with Crippen molar-refractivity contribution in [3.63, 3.8) is 0 Å². The molecule has 4 heterocycles. The van der Waals surface area contributed by atoms with Gasteiger partial charge in [0.25, 0.3) is 0 Å². The molecule has 0 amide bonds. The van der Waals surface area contributed by atoms with Crippen LogP contribution in [0.3, 0.4) is 0 Å². The SMILES string of the molecule is CC(C)(c1cccc(-c2[c-]cc(F)nc2F)n1)c1cccc(-n2[c-]cnc2C#N)n1.[Pt+2]. The Bertz CT molecular complexity index is 1280. The first-order valence-corrected chi connectivity index (χ1v) is 8.95. The molecule has 0 saturated carbocycles. The molecular formula is C22H14F2N6Pt. The summed E-state index contributed by atoms with van der Waals surface area (Å²) in [5.41, 5.74) is 0.914. The van der Waals surface area contributed by atoms with Gasteiger partial charge in [-0.25, -0.2) is 14.0 Å². The van der Waals surface area contributed by atoms with Gasteiger partial charge in [-0.3, -0.25) is 9.97 Å².